The molecule has 0 atom stereocenters. The molecule has 1 nitrogen and oxygen atoms in total. The molecule has 9 rings (SSSR count). The molecule has 8 aromatic carbocycles. The molecule has 216 valence electrons. The maximum atomic E-state index is 9.25. The third kappa shape index (κ3) is 4.48. The van der Waals surface area contributed by atoms with Gasteiger partial charge in [-0.2, -0.15) is 0 Å². The van der Waals surface area contributed by atoms with Crippen molar-refractivity contribution in [3.8, 4) is 33.4 Å². The minimum Gasteiger partial charge on any atom is -0.456 e. The zero-order valence-corrected chi connectivity index (χ0v) is 24.3. The van der Waals surface area contributed by atoms with Crippen molar-refractivity contribution in [1.29, 1.82) is 0 Å². The first-order chi connectivity index (χ1) is 28.2. The topological polar surface area (TPSA) is 13.1 Å². The van der Waals surface area contributed by atoms with Gasteiger partial charge in [-0.3, -0.25) is 0 Å². The highest BCUT2D eigenvalue weighted by Gasteiger charge is 2.16. The van der Waals surface area contributed by atoms with E-state index in [1.807, 2.05) is 78.9 Å². The van der Waals surface area contributed by atoms with Crippen LogP contribution in [-0.4, -0.2) is 0 Å². The Hall–Kier alpha value is -5.92. The van der Waals surface area contributed by atoms with Crippen LogP contribution in [0.5, 0.6) is 0 Å². The summed E-state index contributed by atoms with van der Waals surface area (Å²) in [6.07, 6.45) is -0.487. The number of benzene rings is 8. The summed E-state index contributed by atoms with van der Waals surface area (Å²) in [6, 6.07) is 21.9. The SMILES string of the molecule is [2H]c1c([2H])c([2H])c(Cc2c3c([2H])c([2H])c([2H])c([2H])c3c(-c3cccc(-c4ccc5oc6cc(-c7ccccc7)ccc6c5c4)c3)c3c([2H])c([2H])c([2H])c([2H])c23)c([2H])c1[2H]. The largest absolute Gasteiger partial charge is 0.456 e. The van der Waals surface area contributed by atoms with Gasteiger partial charge >= 0.3 is 0 Å². The Morgan fingerprint density at radius 2 is 1.02 bits per heavy atom. The Bertz CT molecular complexity index is 3170. The number of hydrogen-bond donors (Lipinski definition) is 0. The molecule has 1 heteroatoms. The van der Waals surface area contributed by atoms with Gasteiger partial charge in [0.2, 0.25) is 0 Å². The highest BCUT2D eigenvalue weighted by molar-refractivity contribution is 6.15. The molecule has 0 aliphatic carbocycles. The van der Waals surface area contributed by atoms with Crippen LogP contribution in [0.15, 0.2) is 174 Å². The lowest BCUT2D eigenvalue weighted by Gasteiger charge is -2.18. The lowest BCUT2D eigenvalue weighted by molar-refractivity contribution is 0.669. The molecule has 0 spiro atoms. The second kappa shape index (κ2) is 10.9. The Balaban J connectivity index is 1.32. The van der Waals surface area contributed by atoms with Gasteiger partial charge in [-0.15, -0.1) is 0 Å². The van der Waals surface area contributed by atoms with Crippen molar-refractivity contribution in [2.24, 2.45) is 0 Å². The van der Waals surface area contributed by atoms with Crippen molar-refractivity contribution in [2.75, 3.05) is 0 Å². The summed E-state index contributed by atoms with van der Waals surface area (Å²) in [6.45, 7) is 0. The van der Waals surface area contributed by atoms with Crippen LogP contribution in [-0.2, 0) is 6.42 Å². The van der Waals surface area contributed by atoms with E-state index in [9.17, 15) is 5.48 Å². The first-order valence-electron chi connectivity index (χ1n) is 21.3. The van der Waals surface area contributed by atoms with Crippen molar-refractivity contribution in [2.45, 2.75) is 6.42 Å². The van der Waals surface area contributed by atoms with Gasteiger partial charge in [0.25, 0.3) is 0 Å². The van der Waals surface area contributed by atoms with Crippen molar-refractivity contribution in [3.63, 3.8) is 0 Å². The number of fused-ring (bicyclic) bond motifs is 5. The van der Waals surface area contributed by atoms with E-state index in [2.05, 4.69) is 0 Å². The quantitative estimate of drug-likeness (QED) is 0.179. The molecule has 9 aromatic rings. The highest BCUT2D eigenvalue weighted by atomic mass is 16.3. The van der Waals surface area contributed by atoms with Crippen LogP contribution >= 0.6 is 0 Å². The summed E-state index contributed by atoms with van der Waals surface area (Å²) >= 11 is 0. The van der Waals surface area contributed by atoms with Crippen LogP contribution in [0.1, 0.15) is 28.9 Å². The van der Waals surface area contributed by atoms with Gasteiger partial charge in [0, 0.05) is 10.8 Å². The van der Waals surface area contributed by atoms with Crippen LogP contribution < -0.4 is 0 Å². The first kappa shape index (κ1) is 16.4. The highest BCUT2D eigenvalue weighted by Crippen LogP contribution is 2.42. The zero-order valence-electron chi connectivity index (χ0n) is 37.3. The number of hydrogen-bond acceptors (Lipinski definition) is 1. The van der Waals surface area contributed by atoms with Gasteiger partial charge in [0.15, 0.2) is 0 Å². The van der Waals surface area contributed by atoms with Crippen LogP contribution in [0.25, 0.3) is 76.9 Å². The van der Waals surface area contributed by atoms with E-state index in [-0.39, 0.29) is 38.2 Å². The zero-order chi connectivity index (χ0) is 41.8. The Labute approximate surface area is 286 Å². The number of rotatable bonds is 5. The molecule has 0 saturated carbocycles. The van der Waals surface area contributed by atoms with E-state index in [0.717, 1.165) is 33.0 Å². The summed E-state index contributed by atoms with van der Waals surface area (Å²) in [7, 11) is 0. The van der Waals surface area contributed by atoms with Crippen LogP contribution in [0.3, 0.4) is 0 Å². The van der Waals surface area contributed by atoms with Crippen molar-refractivity contribution in [1.82, 2.24) is 0 Å². The van der Waals surface area contributed by atoms with Gasteiger partial charge < -0.3 is 4.42 Å². The second-order valence-electron chi connectivity index (χ2n) is 11.1. The molecule has 0 saturated heterocycles. The predicted octanol–water partition coefficient (Wildman–Crippen LogP) is 12.5. The van der Waals surface area contributed by atoms with Crippen molar-refractivity contribution >= 4 is 43.5 Å². The van der Waals surface area contributed by atoms with E-state index < -0.39 is 85.0 Å². The minimum absolute atomic E-state index is 0.0138. The molecule has 0 unspecified atom stereocenters. The van der Waals surface area contributed by atoms with E-state index in [4.69, 9.17) is 16.8 Å². The van der Waals surface area contributed by atoms with Crippen molar-refractivity contribution < 1.29 is 22.2 Å². The summed E-state index contributed by atoms with van der Waals surface area (Å²) < 4.78 is 120. The molecule has 0 bridgehead atoms. The van der Waals surface area contributed by atoms with Crippen LogP contribution in [0.4, 0.5) is 0 Å². The van der Waals surface area contributed by atoms with Crippen molar-refractivity contribution in [3.05, 3.63) is 181 Å². The Morgan fingerprint density at radius 3 is 1.78 bits per heavy atom. The standard InChI is InChI=1S/C45H30O/c1-3-12-30(13-4-1)26-41-36-18-7-9-20-39(36)45(40-21-10-8-19-37(40)41)35-17-11-16-32(27-35)33-23-25-43-42(28-33)38-24-22-34(29-44(38)46-43)31-14-5-2-6-15-31/h1-25,27-29H,26H2/i1D,3D,4D,7D,8D,9D,10D,12D,13D,18D,19D,20D,21D. The summed E-state index contributed by atoms with van der Waals surface area (Å²) in [5.41, 5.74) is 5.34. The molecule has 0 radical (unpaired) electrons. The molecule has 0 aliphatic heterocycles. The Morgan fingerprint density at radius 1 is 0.413 bits per heavy atom. The molecular weight excluding hydrogens is 556 g/mol. The summed E-state index contributed by atoms with van der Waals surface area (Å²) in [5, 5.41) is 1.57. The second-order valence-corrected chi connectivity index (χ2v) is 11.1. The maximum absolute atomic E-state index is 9.25. The molecule has 46 heavy (non-hydrogen) atoms. The molecule has 0 aliphatic rings. The minimum atomic E-state index is -0.616. The number of furan rings is 1. The third-order valence-electron chi connectivity index (χ3n) is 8.45. The van der Waals surface area contributed by atoms with E-state index in [0.29, 0.717) is 16.7 Å². The monoisotopic (exact) mass is 599 g/mol. The lowest BCUT2D eigenvalue weighted by atomic mass is 9.86. The average Bonchev–Trinajstić information content (AvgIpc) is 3.63. The maximum Gasteiger partial charge on any atom is 0.136 e. The van der Waals surface area contributed by atoms with Gasteiger partial charge in [0.05, 0.1) is 17.8 Å². The summed E-state index contributed by atoms with van der Waals surface area (Å²) in [4.78, 5) is 0. The van der Waals surface area contributed by atoms with E-state index in [1.54, 1.807) is 12.1 Å². The smallest absolute Gasteiger partial charge is 0.136 e. The molecule has 0 N–H and O–H groups in total. The fourth-order valence-electron chi connectivity index (χ4n) is 6.33. The van der Waals surface area contributed by atoms with E-state index in [1.165, 1.54) is 0 Å². The lowest BCUT2D eigenvalue weighted by Crippen LogP contribution is -1.95. The third-order valence-corrected chi connectivity index (χ3v) is 8.45. The van der Waals surface area contributed by atoms with Crippen LogP contribution in [0.2, 0.25) is 0 Å². The Kier molecular flexibility index (Phi) is 3.89. The average molecular weight is 600 g/mol. The van der Waals surface area contributed by atoms with Gasteiger partial charge in [-0.1, -0.05) is 139 Å². The predicted molar refractivity (Wildman–Crippen MR) is 194 cm³/mol. The fourth-order valence-corrected chi connectivity index (χ4v) is 6.33. The van der Waals surface area contributed by atoms with Gasteiger partial charge in [0.1, 0.15) is 11.2 Å². The fraction of sp³-hybridized carbons (Fsp3) is 0.0222. The van der Waals surface area contributed by atoms with Gasteiger partial charge in [-0.25, -0.2) is 0 Å². The van der Waals surface area contributed by atoms with Crippen LogP contribution in [0, 0.1) is 0 Å². The summed E-state index contributed by atoms with van der Waals surface area (Å²) in [5.74, 6) is 0. The van der Waals surface area contributed by atoms with Gasteiger partial charge in [-0.05, 0) is 103 Å². The normalized spacial score (nSPS) is 15.5. The molecule has 1 aromatic heterocycles. The van der Waals surface area contributed by atoms with E-state index >= 15 is 0 Å². The molecule has 0 amide bonds. The molecular formula is C45H30O. The molecule has 1 heterocycles. The first-order valence-corrected chi connectivity index (χ1v) is 14.8. The molecule has 0 fully saturated rings.